The zero-order valence-electron chi connectivity index (χ0n) is 15.4. The molecule has 1 heterocycles. The van der Waals surface area contributed by atoms with Crippen LogP contribution in [0.25, 0.3) is 0 Å². The first-order valence-corrected chi connectivity index (χ1v) is 11.1. The fourth-order valence-electron chi connectivity index (χ4n) is 2.96. The Kier molecular flexibility index (Phi) is 14.8. The number of hydrogen-bond donors (Lipinski definition) is 0. The first-order valence-electron chi connectivity index (χ1n) is 10.2. The molecule has 0 radical (unpaired) electrons. The van der Waals surface area contributed by atoms with Gasteiger partial charge in [0.25, 0.3) is 0 Å². The quantitative estimate of drug-likeness (QED) is 0.143. The lowest BCUT2D eigenvalue weighted by Crippen LogP contribution is -2.09. The molecule has 1 rings (SSSR count). The molecule has 0 aromatic carbocycles. The van der Waals surface area contributed by atoms with E-state index in [0.29, 0.717) is 6.10 Å². The van der Waals surface area contributed by atoms with Crippen LogP contribution in [0, 0.1) is 0 Å². The summed E-state index contributed by atoms with van der Waals surface area (Å²) in [6.07, 6.45) is 21.4. The van der Waals surface area contributed by atoms with Gasteiger partial charge in [0.15, 0.2) is 0 Å². The summed E-state index contributed by atoms with van der Waals surface area (Å²) in [5, 5.41) is 0.226. The van der Waals surface area contributed by atoms with Crippen LogP contribution in [0.3, 0.4) is 0 Å². The molecule has 2 unspecified atom stereocenters. The Balaban J connectivity index is 1.66. The standard InChI is InChI=1S/C20H39BrO2/c1-2-3-4-5-6-7-8-9-10-11-12-13-14-15-16-20(21)23-18-19-17-22-19/h19-20H,2-18H2,1H3. The van der Waals surface area contributed by atoms with Crippen molar-refractivity contribution in [3.63, 3.8) is 0 Å². The molecule has 0 amide bonds. The van der Waals surface area contributed by atoms with Crippen molar-refractivity contribution in [3.8, 4) is 0 Å². The average molecular weight is 391 g/mol. The van der Waals surface area contributed by atoms with Crippen LogP contribution < -0.4 is 0 Å². The number of unbranched alkanes of at least 4 members (excludes halogenated alkanes) is 13. The van der Waals surface area contributed by atoms with Crippen LogP contribution in [0.1, 0.15) is 103 Å². The third-order valence-corrected chi connectivity index (χ3v) is 5.37. The second kappa shape index (κ2) is 15.9. The van der Waals surface area contributed by atoms with Crippen LogP contribution in [0.2, 0.25) is 0 Å². The van der Waals surface area contributed by atoms with Crippen molar-refractivity contribution in [2.24, 2.45) is 0 Å². The van der Waals surface area contributed by atoms with Crippen molar-refractivity contribution in [2.45, 2.75) is 114 Å². The van der Waals surface area contributed by atoms with E-state index in [1.807, 2.05) is 0 Å². The highest BCUT2D eigenvalue weighted by Crippen LogP contribution is 2.18. The molecule has 2 nitrogen and oxygen atoms in total. The maximum absolute atomic E-state index is 5.67. The van der Waals surface area contributed by atoms with Crippen LogP contribution in [0.5, 0.6) is 0 Å². The molecule has 138 valence electrons. The molecular formula is C20H39BrO2. The minimum atomic E-state index is 0.226. The Hall–Kier alpha value is 0.400. The fourth-order valence-corrected chi connectivity index (χ4v) is 3.44. The molecule has 1 aliphatic heterocycles. The van der Waals surface area contributed by atoms with Gasteiger partial charge in [-0.2, -0.15) is 0 Å². The van der Waals surface area contributed by atoms with Gasteiger partial charge >= 0.3 is 0 Å². The molecular weight excluding hydrogens is 352 g/mol. The highest BCUT2D eigenvalue weighted by molar-refractivity contribution is 9.09. The van der Waals surface area contributed by atoms with Gasteiger partial charge in [-0.05, 0) is 12.8 Å². The number of halogens is 1. The first kappa shape index (κ1) is 21.4. The number of ether oxygens (including phenoxy) is 2. The zero-order chi connectivity index (χ0) is 16.6. The van der Waals surface area contributed by atoms with E-state index >= 15 is 0 Å². The maximum atomic E-state index is 5.67. The predicted octanol–water partition coefficient (Wildman–Crippen LogP) is 6.99. The first-order chi connectivity index (χ1) is 11.3. The van der Waals surface area contributed by atoms with Gasteiger partial charge in [-0.3, -0.25) is 0 Å². The summed E-state index contributed by atoms with van der Waals surface area (Å²) in [4.78, 5) is 0. The van der Waals surface area contributed by atoms with Gasteiger partial charge in [-0.15, -0.1) is 0 Å². The highest BCUT2D eigenvalue weighted by Gasteiger charge is 2.23. The minimum Gasteiger partial charge on any atom is -0.371 e. The van der Waals surface area contributed by atoms with E-state index in [-0.39, 0.29) is 5.01 Å². The smallest absolute Gasteiger partial charge is 0.112 e. The van der Waals surface area contributed by atoms with Crippen molar-refractivity contribution in [1.82, 2.24) is 0 Å². The molecule has 1 fully saturated rings. The summed E-state index contributed by atoms with van der Waals surface area (Å²) in [7, 11) is 0. The van der Waals surface area contributed by atoms with Crippen molar-refractivity contribution in [3.05, 3.63) is 0 Å². The summed E-state index contributed by atoms with van der Waals surface area (Å²) in [5.41, 5.74) is 0. The zero-order valence-corrected chi connectivity index (χ0v) is 17.0. The van der Waals surface area contributed by atoms with Gasteiger partial charge in [-0.1, -0.05) is 106 Å². The molecule has 2 atom stereocenters. The molecule has 1 saturated heterocycles. The van der Waals surface area contributed by atoms with Crippen molar-refractivity contribution >= 4 is 15.9 Å². The normalized spacial score (nSPS) is 18.3. The minimum absolute atomic E-state index is 0.226. The lowest BCUT2D eigenvalue weighted by molar-refractivity contribution is 0.0944. The fraction of sp³-hybridized carbons (Fsp3) is 1.00. The van der Waals surface area contributed by atoms with E-state index in [4.69, 9.17) is 9.47 Å². The second-order valence-corrected chi connectivity index (χ2v) is 8.10. The molecule has 0 aliphatic carbocycles. The largest absolute Gasteiger partial charge is 0.371 e. The molecule has 1 aliphatic rings. The molecule has 23 heavy (non-hydrogen) atoms. The Morgan fingerprint density at radius 3 is 1.70 bits per heavy atom. The molecule has 0 N–H and O–H groups in total. The average Bonchev–Trinajstić information content (AvgIpc) is 3.37. The van der Waals surface area contributed by atoms with Gasteiger partial charge in [0.1, 0.15) is 11.1 Å². The van der Waals surface area contributed by atoms with Gasteiger partial charge in [0.05, 0.1) is 13.2 Å². The molecule has 0 spiro atoms. The topological polar surface area (TPSA) is 21.8 Å². The van der Waals surface area contributed by atoms with Crippen LogP contribution in [-0.2, 0) is 9.47 Å². The molecule has 0 saturated carbocycles. The van der Waals surface area contributed by atoms with Crippen molar-refractivity contribution < 1.29 is 9.47 Å². The van der Waals surface area contributed by atoms with E-state index < -0.39 is 0 Å². The van der Waals surface area contributed by atoms with Crippen molar-refractivity contribution in [1.29, 1.82) is 0 Å². The Morgan fingerprint density at radius 2 is 1.26 bits per heavy atom. The van der Waals surface area contributed by atoms with Gasteiger partial charge in [0.2, 0.25) is 0 Å². The molecule has 3 heteroatoms. The van der Waals surface area contributed by atoms with E-state index in [1.54, 1.807) is 0 Å². The number of epoxide rings is 1. The maximum Gasteiger partial charge on any atom is 0.112 e. The third kappa shape index (κ3) is 15.7. The lowest BCUT2D eigenvalue weighted by Gasteiger charge is -2.10. The number of hydrogen-bond acceptors (Lipinski definition) is 2. The summed E-state index contributed by atoms with van der Waals surface area (Å²) in [5.74, 6) is 0. The third-order valence-electron chi connectivity index (χ3n) is 4.65. The number of alkyl halides is 1. The highest BCUT2D eigenvalue weighted by atomic mass is 79.9. The van der Waals surface area contributed by atoms with Gasteiger partial charge in [0, 0.05) is 0 Å². The van der Waals surface area contributed by atoms with Crippen LogP contribution in [0.4, 0.5) is 0 Å². The van der Waals surface area contributed by atoms with Crippen LogP contribution >= 0.6 is 15.9 Å². The van der Waals surface area contributed by atoms with Gasteiger partial charge < -0.3 is 9.47 Å². The van der Waals surface area contributed by atoms with Gasteiger partial charge in [-0.25, -0.2) is 0 Å². The Labute approximate surface area is 153 Å². The van der Waals surface area contributed by atoms with E-state index in [1.165, 1.54) is 89.9 Å². The monoisotopic (exact) mass is 390 g/mol. The summed E-state index contributed by atoms with van der Waals surface area (Å²) >= 11 is 3.59. The molecule has 0 aromatic heterocycles. The second-order valence-electron chi connectivity index (χ2n) is 7.08. The van der Waals surface area contributed by atoms with E-state index in [9.17, 15) is 0 Å². The number of rotatable bonds is 18. The summed E-state index contributed by atoms with van der Waals surface area (Å²) in [6.45, 7) is 3.93. The molecule has 0 bridgehead atoms. The molecule has 0 aromatic rings. The van der Waals surface area contributed by atoms with Crippen LogP contribution in [0.15, 0.2) is 0 Å². The Morgan fingerprint density at radius 1 is 0.826 bits per heavy atom. The SMILES string of the molecule is CCCCCCCCCCCCCCCCC(Br)OCC1CO1. The lowest BCUT2D eigenvalue weighted by atomic mass is 10.0. The van der Waals surface area contributed by atoms with Crippen molar-refractivity contribution in [2.75, 3.05) is 13.2 Å². The summed E-state index contributed by atoms with van der Waals surface area (Å²) < 4.78 is 10.8. The summed E-state index contributed by atoms with van der Waals surface area (Å²) in [6, 6.07) is 0. The van der Waals surface area contributed by atoms with E-state index in [0.717, 1.165) is 19.6 Å². The van der Waals surface area contributed by atoms with E-state index in [2.05, 4.69) is 22.9 Å². The Bertz CT molecular complexity index is 244. The predicted molar refractivity (Wildman–Crippen MR) is 103 cm³/mol. The van der Waals surface area contributed by atoms with Crippen LogP contribution in [-0.4, -0.2) is 24.3 Å².